The van der Waals surface area contributed by atoms with Crippen molar-refractivity contribution in [2.45, 2.75) is 31.3 Å². The molecule has 0 radical (unpaired) electrons. The summed E-state index contributed by atoms with van der Waals surface area (Å²) in [5.74, 6) is -0.104. The number of rotatable bonds is 3. The van der Waals surface area contributed by atoms with E-state index in [1.54, 1.807) is 0 Å². The maximum atomic E-state index is 12.0. The van der Waals surface area contributed by atoms with E-state index < -0.39 is 6.04 Å². The van der Waals surface area contributed by atoms with E-state index in [0.717, 1.165) is 31.4 Å². The number of carbonyl (C=O) groups is 1. The molecule has 2 atom stereocenters. The second-order valence-electron chi connectivity index (χ2n) is 4.64. The molecule has 1 aliphatic heterocycles. The van der Waals surface area contributed by atoms with E-state index in [-0.39, 0.29) is 24.4 Å². The largest absolute Gasteiger partial charge is 0.381 e. The smallest absolute Gasteiger partial charge is 0.241 e. The molecule has 19 heavy (non-hydrogen) atoms. The van der Waals surface area contributed by atoms with E-state index in [9.17, 15) is 4.79 Å². The summed E-state index contributed by atoms with van der Waals surface area (Å²) in [5.41, 5.74) is 6.80. The van der Waals surface area contributed by atoms with Gasteiger partial charge < -0.3 is 15.8 Å². The summed E-state index contributed by atoms with van der Waals surface area (Å²) in [7, 11) is 0. The van der Waals surface area contributed by atoms with Gasteiger partial charge in [0.1, 0.15) is 6.04 Å². The number of amides is 1. The standard InChI is InChI=1S/C14H20N2O2.ClH/c15-13(11-5-2-1-3-6-11)14(17)16-12-7-4-9-18-10-8-12;/h1-3,5-6,12-13H,4,7-10,15H2,(H,16,17);1H. The fourth-order valence-corrected chi connectivity index (χ4v) is 2.15. The molecule has 2 rings (SSSR count). The molecule has 1 aromatic rings. The number of nitrogens with two attached hydrogens (primary N) is 1. The number of carbonyl (C=O) groups excluding carboxylic acids is 1. The number of hydrogen-bond donors (Lipinski definition) is 2. The molecule has 1 aromatic carbocycles. The van der Waals surface area contributed by atoms with Gasteiger partial charge >= 0.3 is 0 Å². The lowest BCUT2D eigenvalue weighted by molar-refractivity contribution is -0.123. The Hall–Kier alpha value is -1.10. The van der Waals surface area contributed by atoms with Crippen molar-refractivity contribution in [3.8, 4) is 0 Å². The zero-order chi connectivity index (χ0) is 12.8. The van der Waals surface area contributed by atoms with Crippen LogP contribution in [0.1, 0.15) is 30.9 Å². The molecular weight excluding hydrogens is 264 g/mol. The van der Waals surface area contributed by atoms with E-state index in [2.05, 4.69) is 5.32 Å². The van der Waals surface area contributed by atoms with E-state index in [1.807, 2.05) is 30.3 Å². The van der Waals surface area contributed by atoms with Gasteiger partial charge in [-0.3, -0.25) is 4.79 Å². The number of benzene rings is 1. The van der Waals surface area contributed by atoms with Crippen LogP contribution in [0.25, 0.3) is 0 Å². The van der Waals surface area contributed by atoms with Gasteiger partial charge in [-0.05, 0) is 24.8 Å². The van der Waals surface area contributed by atoms with E-state index >= 15 is 0 Å². The Morgan fingerprint density at radius 2 is 2.00 bits per heavy atom. The topological polar surface area (TPSA) is 64.4 Å². The van der Waals surface area contributed by atoms with E-state index in [1.165, 1.54) is 0 Å². The normalized spacial score (nSPS) is 20.8. The van der Waals surface area contributed by atoms with Gasteiger partial charge in [0.2, 0.25) is 5.91 Å². The molecule has 1 fully saturated rings. The van der Waals surface area contributed by atoms with Crippen LogP contribution in [0, 0.1) is 0 Å². The maximum Gasteiger partial charge on any atom is 0.241 e. The third kappa shape index (κ3) is 4.82. The minimum Gasteiger partial charge on any atom is -0.381 e. The predicted molar refractivity (Wildman–Crippen MR) is 77.2 cm³/mol. The monoisotopic (exact) mass is 284 g/mol. The molecule has 5 heteroatoms. The highest BCUT2D eigenvalue weighted by Gasteiger charge is 2.20. The summed E-state index contributed by atoms with van der Waals surface area (Å²) < 4.78 is 5.37. The van der Waals surface area contributed by atoms with Crippen LogP contribution in [0.4, 0.5) is 0 Å². The molecule has 0 spiro atoms. The van der Waals surface area contributed by atoms with Gasteiger partial charge in [-0.15, -0.1) is 12.4 Å². The number of nitrogens with one attached hydrogen (secondary N) is 1. The van der Waals surface area contributed by atoms with Crippen LogP contribution < -0.4 is 11.1 Å². The zero-order valence-electron chi connectivity index (χ0n) is 10.9. The molecule has 2 unspecified atom stereocenters. The third-order valence-corrected chi connectivity index (χ3v) is 3.24. The Kier molecular flexibility index (Phi) is 6.84. The molecule has 1 saturated heterocycles. The molecule has 106 valence electrons. The van der Waals surface area contributed by atoms with Gasteiger partial charge in [0.05, 0.1) is 0 Å². The molecule has 1 amide bonds. The molecule has 0 aromatic heterocycles. The van der Waals surface area contributed by atoms with Gasteiger partial charge in [-0.2, -0.15) is 0 Å². The maximum absolute atomic E-state index is 12.0. The number of hydrogen-bond acceptors (Lipinski definition) is 3. The first-order valence-corrected chi connectivity index (χ1v) is 6.46. The second kappa shape index (κ2) is 8.15. The van der Waals surface area contributed by atoms with Crippen LogP contribution in [-0.2, 0) is 9.53 Å². The van der Waals surface area contributed by atoms with Crippen molar-refractivity contribution in [3.05, 3.63) is 35.9 Å². The van der Waals surface area contributed by atoms with Crippen LogP contribution in [0.15, 0.2) is 30.3 Å². The molecule has 0 bridgehead atoms. The van der Waals surface area contributed by atoms with E-state index in [4.69, 9.17) is 10.5 Å². The van der Waals surface area contributed by atoms with Gasteiger partial charge in [-0.25, -0.2) is 0 Å². The fraction of sp³-hybridized carbons (Fsp3) is 0.500. The van der Waals surface area contributed by atoms with Gasteiger partial charge in [0.25, 0.3) is 0 Å². The first-order chi connectivity index (χ1) is 8.77. The minimum absolute atomic E-state index is 0. The molecular formula is C14H21ClN2O2. The van der Waals surface area contributed by atoms with Crippen molar-refractivity contribution in [2.24, 2.45) is 5.73 Å². The van der Waals surface area contributed by atoms with Crippen LogP contribution in [0.5, 0.6) is 0 Å². The van der Waals surface area contributed by atoms with Crippen molar-refractivity contribution in [3.63, 3.8) is 0 Å². The molecule has 1 aliphatic rings. The van der Waals surface area contributed by atoms with Gasteiger partial charge in [0, 0.05) is 19.3 Å². The Bertz CT molecular complexity index is 378. The Morgan fingerprint density at radius 1 is 1.26 bits per heavy atom. The van der Waals surface area contributed by atoms with Gasteiger partial charge in [-0.1, -0.05) is 30.3 Å². The summed E-state index contributed by atoms with van der Waals surface area (Å²) in [6, 6.07) is 9.05. The van der Waals surface area contributed by atoms with E-state index in [0.29, 0.717) is 6.61 Å². The SMILES string of the molecule is Cl.NC(C(=O)NC1CCCOCC1)c1ccccc1. The minimum atomic E-state index is -0.588. The first kappa shape index (κ1) is 16.0. The first-order valence-electron chi connectivity index (χ1n) is 6.46. The van der Waals surface area contributed by atoms with Crippen LogP contribution in [0.3, 0.4) is 0 Å². The Morgan fingerprint density at radius 3 is 2.74 bits per heavy atom. The molecule has 1 heterocycles. The average molecular weight is 285 g/mol. The van der Waals surface area contributed by atoms with Crippen LogP contribution in [0.2, 0.25) is 0 Å². The molecule has 4 nitrogen and oxygen atoms in total. The zero-order valence-corrected chi connectivity index (χ0v) is 11.7. The molecule has 0 saturated carbocycles. The summed E-state index contributed by atoms with van der Waals surface area (Å²) in [4.78, 5) is 12.0. The highest BCUT2D eigenvalue weighted by Crippen LogP contribution is 2.12. The summed E-state index contributed by atoms with van der Waals surface area (Å²) in [5, 5.41) is 3.01. The second-order valence-corrected chi connectivity index (χ2v) is 4.64. The van der Waals surface area contributed by atoms with Crippen molar-refractivity contribution in [2.75, 3.05) is 13.2 Å². The van der Waals surface area contributed by atoms with Gasteiger partial charge in [0.15, 0.2) is 0 Å². The highest BCUT2D eigenvalue weighted by atomic mass is 35.5. The lowest BCUT2D eigenvalue weighted by Gasteiger charge is -2.19. The lowest BCUT2D eigenvalue weighted by Crippen LogP contribution is -2.40. The summed E-state index contributed by atoms with van der Waals surface area (Å²) in [6.45, 7) is 1.50. The third-order valence-electron chi connectivity index (χ3n) is 3.24. The Balaban J connectivity index is 0.00000180. The van der Waals surface area contributed by atoms with Crippen molar-refractivity contribution in [1.82, 2.24) is 5.32 Å². The van der Waals surface area contributed by atoms with Crippen LogP contribution >= 0.6 is 12.4 Å². The highest BCUT2D eigenvalue weighted by molar-refractivity contribution is 5.85. The average Bonchev–Trinajstić information content (AvgIpc) is 2.67. The Labute approximate surface area is 120 Å². The van der Waals surface area contributed by atoms with Crippen molar-refractivity contribution in [1.29, 1.82) is 0 Å². The van der Waals surface area contributed by atoms with Crippen molar-refractivity contribution >= 4 is 18.3 Å². The lowest BCUT2D eigenvalue weighted by atomic mass is 10.1. The summed E-state index contributed by atoms with van der Waals surface area (Å²) >= 11 is 0. The fourth-order valence-electron chi connectivity index (χ4n) is 2.15. The predicted octanol–water partition coefficient (Wildman–Crippen LogP) is 1.79. The molecule has 0 aliphatic carbocycles. The number of ether oxygens (including phenoxy) is 1. The summed E-state index contributed by atoms with van der Waals surface area (Å²) in [6.07, 6.45) is 2.83. The van der Waals surface area contributed by atoms with Crippen molar-refractivity contribution < 1.29 is 9.53 Å². The molecule has 3 N–H and O–H groups in total. The number of halogens is 1. The van der Waals surface area contributed by atoms with Crippen LogP contribution in [-0.4, -0.2) is 25.2 Å². The quantitative estimate of drug-likeness (QED) is 0.889.